The number of hydrogen-bond acceptors (Lipinski definition) is 6. The van der Waals surface area contributed by atoms with Crippen LogP contribution in [0.1, 0.15) is 25.7 Å². The van der Waals surface area contributed by atoms with E-state index in [1.165, 1.54) is 24.4 Å². The van der Waals surface area contributed by atoms with Crippen LogP contribution in [0.2, 0.25) is 0 Å². The van der Waals surface area contributed by atoms with E-state index >= 15 is 0 Å². The number of imidazole rings is 1. The maximum atomic E-state index is 12.5. The van der Waals surface area contributed by atoms with Crippen LogP contribution in [0.5, 0.6) is 0 Å². The molecule has 10 heteroatoms. The molecular weight excluding hydrogens is 372 g/mol. The fourth-order valence-electron chi connectivity index (χ4n) is 3.41. The lowest BCUT2D eigenvalue weighted by Crippen LogP contribution is -2.39. The van der Waals surface area contributed by atoms with Crippen molar-refractivity contribution in [3.05, 3.63) is 27.2 Å². The van der Waals surface area contributed by atoms with Gasteiger partial charge in [-0.3, -0.25) is 18.9 Å². The maximum absolute atomic E-state index is 12.5. The van der Waals surface area contributed by atoms with Gasteiger partial charge in [-0.05, 0) is 12.8 Å². The molecule has 150 valence electrons. The first-order valence-electron chi connectivity index (χ1n) is 8.93. The van der Waals surface area contributed by atoms with Crippen molar-refractivity contribution in [2.45, 2.75) is 38.3 Å². The predicted octanol–water partition coefficient (Wildman–Crippen LogP) is 0.121. The SMILES string of the molecule is CN(CC(O)Cn1cnc2c1c(=O)n(C)c(=O)n2C)C1=NCCCCC1.Cl. The summed E-state index contributed by atoms with van der Waals surface area (Å²) in [6, 6.07) is 0. The van der Waals surface area contributed by atoms with Gasteiger partial charge in [-0.25, -0.2) is 9.78 Å². The summed E-state index contributed by atoms with van der Waals surface area (Å²) in [6.45, 7) is 1.48. The van der Waals surface area contributed by atoms with Crippen LogP contribution >= 0.6 is 12.4 Å². The Morgan fingerprint density at radius 2 is 1.96 bits per heavy atom. The Morgan fingerprint density at radius 3 is 2.70 bits per heavy atom. The largest absolute Gasteiger partial charge is 0.389 e. The highest BCUT2D eigenvalue weighted by Crippen LogP contribution is 2.11. The van der Waals surface area contributed by atoms with Crippen molar-refractivity contribution in [2.24, 2.45) is 19.1 Å². The number of aliphatic hydroxyl groups is 1. The Hall–Kier alpha value is -2.13. The fraction of sp³-hybridized carbons (Fsp3) is 0.647. The zero-order valence-corrected chi connectivity index (χ0v) is 16.8. The average Bonchev–Trinajstić information content (AvgIpc) is 2.83. The molecule has 1 unspecified atom stereocenters. The zero-order chi connectivity index (χ0) is 18.8. The van der Waals surface area contributed by atoms with Crippen molar-refractivity contribution in [3.63, 3.8) is 0 Å². The smallest absolute Gasteiger partial charge is 0.332 e. The van der Waals surface area contributed by atoms with E-state index in [1.807, 2.05) is 11.9 Å². The van der Waals surface area contributed by atoms with Crippen molar-refractivity contribution < 1.29 is 5.11 Å². The van der Waals surface area contributed by atoms with Crippen LogP contribution in [0.25, 0.3) is 11.2 Å². The van der Waals surface area contributed by atoms with Crippen LogP contribution < -0.4 is 11.2 Å². The second-order valence-corrected chi connectivity index (χ2v) is 6.92. The van der Waals surface area contributed by atoms with Crippen molar-refractivity contribution in [2.75, 3.05) is 20.1 Å². The lowest BCUT2D eigenvalue weighted by Gasteiger charge is -2.24. The number of rotatable bonds is 4. The highest BCUT2D eigenvalue weighted by molar-refractivity contribution is 5.85. The summed E-state index contributed by atoms with van der Waals surface area (Å²) in [5.41, 5.74) is -0.177. The van der Waals surface area contributed by atoms with Gasteiger partial charge in [0.2, 0.25) is 0 Å². The van der Waals surface area contributed by atoms with E-state index in [-0.39, 0.29) is 19.0 Å². The molecule has 2 aromatic heterocycles. The van der Waals surface area contributed by atoms with Gasteiger partial charge in [0.1, 0.15) is 0 Å². The normalized spacial score (nSPS) is 15.8. The summed E-state index contributed by atoms with van der Waals surface area (Å²) in [7, 11) is 4.95. The van der Waals surface area contributed by atoms with Crippen molar-refractivity contribution >= 4 is 29.4 Å². The molecule has 0 amide bonds. The topological polar surface area (TPSA) is 97.6 Å². The van der Waals surface area contributed by atoms with E-state index in [0.29, 0.717) is 17.7 Å². The molecule has 9 nitrogen and oxygen atoms in total. The number of amidine groups is 1. The summed E-state index contributed by atoms with van der Waals surface area (Å²) in [5.74, 6) is 1.02. The molecule has 0 saturated carbocycles. The van der Waals surface area contributed by atoms with Gasteiger partial charge in [0.05, 0.1) is 24.8 Å². The number of aromatic nitrogens is 4. The molecule has 27 heavy (non-hydrogen) atoms. The van der Waals surface area contributed by atoms with E-state index < -0.39 is 17.4 Å². The molecule has 0 radical (unpaired) electrons. The van der Waals surface area contributed by atoms with E-state index in [2.05, 4.69) is 9.98 Å². The fourth-order valence-corrected chi connectivity index (χ4v) is 3.41. The summed E-state index contributed by atoms with van der Waals surface area (Å²) in [6.07, 6.45) is 5.16. The Balaban J connectivity index is 0.00000261. The Labute approximate surface area is 163 Å². The van der Waals surface area contributed by atoms with Gasteiger partial charge in [-0.1, -0.05) is 6.42 Å². The number of aliphatic hydroxyl groups excluding tert-OH is 1. The lowest BCUT2D eigenvalue weighted by molar-refractivity contribution is 0.132. The van der Waals surface area contributed by atoms with Gasteiger partial charge in [-0.15, -0.1) is 12.4 Å². The molecule has 0 spiro atoms. The lowest BCUT2D eigenvalue weighted by atomic mass is 10.2. The quantitative estimate of drug-likeness (QED) is 0.788. The second kappa shape index (κ2) is 8.71. The van der Waals surface area contributed by atoms with Gasteiger partial charge in [-0.2, -0.15) is 0 Å². The van der Waals surface area contributed by atoms with Crippen LogP contribution in [-0.2, 0) is 20.6 Å². The van der Waals surface area contributed by atoms with Crippen molar-refractivity contribution in [3.8, 4) is 0 Å². The molecule has 1 atom stereocenters. The molecule has 0 bridgehead atoms. The third-order valence-corrected chi connectivity index (χ3v) is 4.90. The van der Waals surface area contributed by atoms with Gasteiger partial charge in [0, 0.05) is 40.7 Å². The maximum Gasteiger partial charge on any atom is 0.332 e. The van der Waals surface area contributed by atoms with E-state index in [0.717, 1.165) is 36.2 Å². The number of aryl methyl sites for hydroxylation is 1. The third-order valence-electron chi connectivity index (χ3n) is 4.90. The number of likely N-dealkylation sites (N-methyl/N-ethyl adjacent to an activating group) is 1. The minimum atomic E-state index is -0.690. The first kappa shape index (κ1) is 21.2. The Kier molecular flexibility index (Phi) is 6.83. The van der Waals surface area contributed by atoms with Gasteiger partial charge >= 0.3 is 5.69 Å². The average molecular weight is 399 g/mol. The minimum absolute atomic E-state index is 0. The Bertz CT molecular complexity index is 945. The highest BCUT2D eigenvalue weighted by Gasteiger charge is 2.18. The first-order valence-corrected chi connectivity index (χ1v) is 8.93. The molecule has 3 rings (SSSR count). The zero-order valence-electron chi connectivity index (χ0n) is 16.0. The number of fused-ring (bicyclic) bond motifs is 1. The predicted molar refractivity (Wildman–Crippen MR) is 107 cm³/mol. The number of aliphatic imine (C=N–C) groups is 1. The molecule has 0 saturated heterocycles. The summed E-state index contributed by atoms with van der Waals surface area (Å²) < 4.78 is 4.01. The number of nitrogens with zero attached hydrogens (tertiary/aromatic N) is 6. The van der Waals surface area contributed by atoms with E-state index in [1.54, 1.807) is 11.6 Å². The van der Waals surface area contributed by atoms with Gasteiger partial charge < -0.3 is 14.6 Å². The second-order valence-electron chi connectivity index (χ2n) is 6.92. The van der Waals surface area contributed by atoms with Gasteiger partial charge in [0.15, 0.2) is 11.2 Å². The van der Waals surface area contributed by atoms with Crippen LogP contribution in [-0.4, -0.2) is 60.8 Å². The van der Waals surface area contributed by atoms with E-state index in [4.69, 9.17) is 0 Å². The standard InChI is InChI=1S/C17H26N6O3.ClH/c1-20(13-7-5-4-6-8-18-13)9-12(24)10-23-11-19-15-14(23)16(25)22(3)17(26)21(15)2;/h11-12,24H,4-10H2,1-3H3;1H. The summed E-state index contributed by atoms with van der Waals surface area (Å²) >= 11 is 0. The van der Waals surface area contributed by atoms with Crippen LogP contribution in [0.4, 0.5) is 0 Å². The number of hydrogen-bond donors (Lipinski definition) is 1. The van der Waals surface area contributed by atoms with Gasteiger partial charge in [0.25, 0.3) is 5.56 Å². The molecule has 0 aliphatic carbocycles. The molecule has 0 aromatic carbocycles. The molecule has 1 N–H and O–H groups in total. The first-order chi connectivity index (χ1) is 12.4. The summed E-state index contributed by atoms with van der Waals surface area (Å²) in [5, 5.41) is 10.5. The van der Waals surface area contributed by atoms with Crippen LogP contribution in [0.3, 0.4) is 0 Å². The third kappa shape index (κ3) is 4.24. The summed E-state index contributed by atoms with van der Waals surface area (Å²) in [4.78, 5) is 35.2. The van der Waals surface area contributed by atoms with E-state index in [9.17, 15) is 14.7 Å². The van der Waals surface area contributed by atoms with Crippen molar-refractivity contribution in [1.82, 2.24) is 23.6 Å². The molecule has 0 fully saturated rings. The van der Waals surface area contributed by atoms with Crippen LogP contribution in [0, 0.1) is 0 Å². The van der Waals surface area contributed by atoms with Crippen molar-refractivity contribution in [1.29, 1.82) is 0 Å². The molecular formula is C17H27ClN6O3. The minimum Gasteiger partial charge on any atom is -0.389 e. The van der Waals surface area contributed by atoms with Crippen LogP contribution in [0.15, 0.2) is 20.9 Å². The highest BCUT2D eigenvalue weighted by atomic mass is 35.5. The monoisotopic (exact) mass is 398 g/mol. The molecule has 1 aliphatic rings. The molecule has 1 aliphatic heterocycles. The molecule has 2 aromatic rings. The Morgan fingerprint density at radius 1 is 1.22 bits per heavy atom. The molecule has 3 heterocycles. The number of halogens is 1.